The minimum Gasteiger partial charge on any atom is -0.496 e. The molecule has 82 valence electrons. The Morgan fingerprint density at radius 3 is 2.47 bits per heavy atom. The van der Waals surface area contributed by atoms with Crippen LogP contribution in [0.3, 0.4) is 0 Å². The summed E-state index contributed by atoms with van der Waals surface area (Å²) in [5.41, 5.74) is 6.31. The van der Waals surface area contributed by atoms with Crippen molar-refractivity contribution >= 4 is 5.78 Å². The molecule has 0 aliphatic rings. The van der Waals surface area contributed by atoms with Gasteiger partial charge in [-0.3, -0.25) is 4.79 Å². The van der Waals surface area contributed by atoms with E-state index in [0.717, 1.165) is 0 Å². The highest BCUT2D eigenvalue weighted by molar-refractivity contribution is 6.00. The summed E-state index contributed by atoms with van der Waals surface area (Å²) in [4.78, 5) is 12.0. The molecule has 15 heavy (non-hydrogen) atoms. The summed E-state index contributed by atoms with van der Waals surface area (Å²) in [5, 5.41) is 0. The number of hydrogen-bond donors (Lipinski definition) is 1. The van der Waals surface area contributed by atoms with Gasteiger partial charge in [0.1, 0.15) is 5.75 Å². The first-order valence-electron chi connectivity index (χ1n) is 5.00. The first-order chi connectivity index (χ1) is 7.07. The lowest BCUT2D eigenvalue weighted by Crippen LogP contribution is -2.30. The summed E-state index contributed by atoms with van der Waals surface area (Å²) in [6, 6.07) is 7.05. The number of carbonyl (C=O) groups excluding carboxylic acids is 1. The van der Waals surface area contributed by atoms with Gasteiger partial charge < -0.3 is 10.5 Å². The number of hydrogen-bond acceptors (Lipinski definition) is 3. The first kappa shape index (κ1) is 11.7. The Morgan fingerprint density at radius 1 is 1.33 bits per heavy atom. The molecule has 0 saturated heterocycles. The second-order valence-corrected chi connectivity index (χ2v) is 3.71. The van der Waals surface area contributed by atoms with E-state index in [1.54, 1.807) is 19.2 Å². The number of Topliss-reactive ketones (excluding diaryl/α,β-unsaturated/α-hetero) is 1. The number of methoxy groups -OCH3 is 1. The van der Waals surface area contributed by atoms with Gasteiger partial charge in [-0.15, -0.1) is 0 Å². The van der Waals surface area contributed by atoms with Gasteiger partial charge in [-0.05, 0) is 19.1 Å². The second kappa shape index (κ2) is 4.94. The van der Waals surface area contributed by atoms with Crippen molar-refractivity contribution in [1.82, 2.24) is 0 Å². The fraction of sp³-hybridized carbons (Fsp3) is 0.417. The lowest BCUT2D eigenvalue weighted by Gasteiger charge is -2.15. The van der Waals surface area contributed by atoms with Crippen LogP contribution in [0.4, 0.5) is 0 Å². The third-order valence-electron chi connectivity index (χ3n) is 2.57. The molecular weight excluding hydrogens is 190 g/mol. The zero-order valence-corrected chi connectivity index (χ0v) is 9.36. The molecule has 2 N–H and O–H groups in total. The monoisotopic (exact) mass is 207 g/mol. The molecular formula is C12H17NO2. The second-order valence-electron chi connectivity index (χ2n) is 3.71. The summed E-state index contributed by atoms with van der Waals surface area (Å²) < 4.78 is 5.13. The quantitative estimate of drug-likeness (QED) is 0.767. The highest BCUT2D eigenvalue weighted by Crippen LogP contribution is 2.21. The Balaban J connectivity index is 3.00. The largest absolute Gasteiger partial charge is 0.496 e. The molecule has 0 fully saturated rings. The van der Waals surface area contributed by atoms with Crippen LogP contribution < -0.4 is 10.5 Å². The predicted molar refractivity (Wildman–Crippen MR) is 60.1 cm³/mol. The van der Waals surface area contributed by atoms with Crippen molar-refractivity contribution in [3.8, 4) is 5.75 Å². The van der Waals surface area contributed by atoms with Crippen LogP contribution in [-0.2, 0) is 0 Å². The van der Waals surface area contributed by atoms with Crippen LogP contribution in [0, 0.1) is 5.92 Å². The normalized spacial score (nSPS) is 14.4. The van der Waals surface area contributed by atoms with Crippen molar-refractivity contribution in [2.45, 2.75) is 19.9 Å². The fourth-order valence-electron chi connectivity index (χ4n) is 1.33. The van der Waals surface area contributed by atoms with Crippen molar-refractivity contribution in [2.24, 2.45) is 11.7 Å². The average Bonchev–Trinajstić information content (AvgIpc) is 2.26. The Labute approximate surface area is 90.2 Å². The van der Waals surface area contributed by atoms with E-state index in [1.807, 2.05) is 26.0 Å². The molecule has 3 heteroatoms. The molecule has 2 atom stereocenters. The Hall–Kier alpha value is -1.35. The van der Waals surface area contributed by atoms with Crippen molar-refractivity contribution in [3.63, 3.8) is 0 Å². The number of ketones is 1. The standard InChI is InChI=1S/C12H17NO2/c1-8(9(2)13)12(14)10-6-4-5-7-11(10)15-3/h4-9H,13H2,1-3H3. The van der Waals surface area contributed by atoms with Crippen LogP contribution in [0.2, 0.25) is 0 Å². The van der Waals surface area contributed by atoms with E-state index in [9.17, 15) is 4.79 Å². The van der Waals surface area contributed by atoms with Crippen LogP contribution in [0.25, 0.3) is 0 Å². The van der Waals surface area contributed by atoms with Gasteiger partial charge in [-0.1, -0.05) is 19.1 Å². The summed E-state index contributed by atoms with van der Waals surface area (Å²) in [6.07, 6.45) is 0. The van der Waals surface area contributed by atoms with Crippen molar-refractivity contribution < 1.29 is 9.53 Å². The molecule has 0 radical (unpaired) electrons. The van der Waals surface area contributed by atoms with E-state index < -0.39 is 0 Å². The van der Waals surface area contributed by atoms with Gasteiger partial charge in [0.15, 0.2) is 5.78 Å². The van der Waals surface area contributed by atoms with Gasteiger partial charge in [-0.2, -0.15) is 0 Å². The smallest absolute Gasteiger partial charge is 0.170 e. The predicted octanol–water partition coefficient (Wildman–Crippen LogP) is 1.86. The number of nitrogens with two attached hydrogens (primary N) is 1. The number of benzene rings is 1. The van der Waals surface area contributed by atoms with E-state index in [1.165, 1.54) is 0 Å². The van der Waals surface area contributed by atoms with E-state index in [4.69, 9.17) is 10.5 Å². The molecule has 0 heterocycles. The molecule has 0 spiro atoms. The van der Waals surface area contributed by atoms with Crippen LogP contribution in [-0.4, -0.2) is 18.9 Å². The number of carbonyl (C=O) groups is 1. The topological polar surface area (TPSA) is 52.3 Å². The lowest BCUT2D eigenvalue weighted by atomic mass is 9.93. The van der Waals surface area contributed by atoms with Crippen molar-refractivity contribution in [1.29, 1.82) is 0 Å². The highest BCUT2D eigenvalue weighted by atomic mass is 16.5. The molecule has 0 amide bonds. The molecule has 0 aliphatic carbocycles. The van der Waals surface area contributed by atoms with Gasteiger partial charge in [0, 0.05) is 12.0 Å². The number of ether oxygens (including phenoxy) is 1. The molecule has 0 bridgehead atoms. The summed E-state index contributed by atoms with van der Waals surface area (Å²) in [5.74, 6) is 0.443. The van der Waals surface area contributed by atoms with E-state index in [0.29, 0.717) is 11.3 Å². The van der Waals surface area contributed by atoms with Crippen LogP contribution in [0.15, 0.2) is 24.3 Å². The lowest BCUT2D eigenvalue weighted by molar-refractivity contribution is 0.0914. The summed E-state index contributed by atoms with van der Waals surface area (Å²) >= 11 is 0. The molecule has 1 aromatic carbocycles. The maximum Gasteiger partial charge on any atom is 0.170 e. The summed E-state index contributed by atoms with van der Waals surface area (Å²) in [6.45, 7) is 3.66. The van der Waals surface area contributed by atoms with Gasteiger partial charge >= 0.3 is 0 Å². The Morgan fingerprint density at radius 2 is 1.93 bits per heavy atom. The number of rotatable bonds is 4. The zero-order valence-electron chi connectivity index (χ0n) is 9.36. The zero-order chi connectivity index (χ0) is 11.4. The van der Waals surface area contributed by atoms with Gasteiger partial charge in [-0.25, -0.2) is 0 Å². The van der Waals surface area contributed by atoms with E-state index in [-0.39, 0.29) is 17.7 Å². The fourth-order valence-corrected chi connectivity index (χ4v) is 1.33. The molecule has 0 aromatic heterocycles. The van der Waals surface area contributed by atoms with Gasteiger partial charge in [0.25, 0.3) is 0 Å². The minimum atomic E-state index is -0.193. The Kier molecular flexibility index (Phi) is 3.86. The average molecular weight is 207 g/mol. The molecule has 3 nitrogen and oxygen atoms in total. The molecule has 0 saturated carbocycles. The first-order valence-corrected chi connectivity index (χ1v) is 5.00. The maximum absolute atomic E-state index is 12.0. The third kappa shape index (κ3) is 2.57. The third-order valence-corrected chi connectivity index (χ3v) is 2.57. The maximum atomic E-state index is 12.0. The van der Waals surface area contributed by atoms with Gasteiger partial charge in [0.2, 0.25) is 0 Å². The van der Waals surface area contributed by atoms with Crippen molar-refractivity contribution in [3.05, 3.63) is 29.8 Å². The van der Waals surface area contributed by atoms with Crippen LogP contribution in [0.5, 0.6) is 5.75 Å². The molecule has 1 rings (SSSR count). The SMILES string of the molecule is COc1ccccc1C(=O)C(C)C(C)N. The van der Waals surface area contributed by atoms with E-state index in [2.05, 4.69) is 0 Å². The highest BCUT2D eigenvalue weighted by Gasteiger charge is 2.21. The Bertz CT molecular complexity index is 347. The minimum absolute atomic E-state index is 0.0300. The van der Waals surface area contributed by atoms with Crippen LogP contribution >= 0.6 is 0 Å². The van der Waals surface area contributed by atoms with Crippen molar-refractivity contribution in [2.75, 3.05) is 7.11 Å². The van der Waals surface area contributed by atoms with Gasteiger partial charge in [0.05, 0.1) is 12.7 Å². The van der Waals surface area contributed by atoms with Crippen LogP contribution in [0.1, 0.15) is 24.2 Å². The molecule has 1 aromatic rings. The molecule has 2 unspecified atom stereocenters. The summed E-state index contributed by atoms with van der Waals surface area (Å²) in [7, 11) is 1.56. The van der Waals surface area contributed by atoms with E-state index >= 15 is 0 Å². The number of para-hydroxylation sites is 1. The molecule has 0 aliphatic heterocycles.